The summed E-state index contributed by atoms with van der Waals surface area (Å²) >= 11 is 1.87. The average Bonchev–Trinajstić information content (AvgIpc) is 3.29. The van der Waals surface area contributed by atoms with Crippen LogP contribution in [0.4, 0.5) is 11.8 Å². The minimum absolute atomic E-state index is 0.330. The molecule has 2 aliphatic carbocycles. The van der Waals surface area contributed by atoms with Gasteiger partial charge in [-0.15, -0.1) is 11.3 Å². The molecule has 3 aliphatic rings. The standard InChI is InChI=1S/C22H33N5OS/c1-14(2)23-22-25-20(19-17-4-3-5-18(17)29-21(19)26-22)24-15-6-8-16(9-7-15)27-10-12-28-13-11-27/h14-16H,3-13H2,1-2H3,(H2,23,24,25,26). The first-order valence-corrected chi connectivity index (χ1v) is 12.2. The summed E-state index contributed by atoms with van der Waals surface area (Å²) in [6.45, 7) is 8.27. The number of rotatable bonds is 5. The van der Waals surface area contributed by atoms with E-state index in [2.05, 4.69) is 29.4 Å². The smallest absolute Gasteiger partial charge is 0.226 e. The number of hydrogen-bond acceptors (Lipinski definition) is 7. The molecule has 2 aromatic heterocycles. The number of aryl methyl sites for hydroxylation is 2. The van der Waals surface area contributed by atoms with Gasteiger partial charge in [0.15, 0.2) is 0 Å². The Morgan fingerprint density at radius 1 is 1.07 bits per heavy atom. The molecular formula is C22H33N5OS. The van der Waals surface area contributed by atoms with Gasteiger partial charge in [0.05, 0.1) is 18.6 Å². The second kappa shape index (κ2) is 8.36. The van der Waals surface area contributed by atoms with Gasteiger partial charge in [0.25, 0.3) is 0 Å². The van der Waals surface area contributed by atoms with Gasteiger partial charge in [-0.3, -0.25) is 4.90 Å². The summed E-state index contributed by atoms with van der Waals surface area (Å²) in [5.74, 6) is 1.82. The summed E-state index contributed by atoms with van der Waals surface area (Å²) in [5, 5.41) is 8.56. The quantitative estimate of drug-likeness (QED) is 0.768. The van der Waals surface area contributed by atoms with Crippen LogP contribution in [0.3, 0.4) is 0 Å². The maximum Gasteiger partial charge on any atom is 0.226 e. The lowest BCUT2D eigenvalue weighted by Gasteiger charge is -2.39. The molecule has 0 radical (unpaired) electrons. The van der Waals surface area contributed by atoms with Crippen LogP contribution in [0.15, 0.2) is 0 Å². The molecule has 3 heterocycles. The van der Waals surface area contributed by atoms with Crippen molar-refractivity contribution in [1.29, 1.82) is 0 Å². The fourth-order valence-electron chi connectivity index (χ4n) is 5.14. The summed E-state index contributed by atoms with van der Waals surface area (Å²) in [7, 11) is 0. The summed E-state index contributed by atoms with van der Waals surface area (Å²) < 4.78 is 5.53. The number of hydrogen-bond donors (Lipinski definition) is 2. The van der Waals surface area contributed by atoms with Crippen LogP contribution < -0.4 is 10.6 Å². The van der Waals surface area contributed by atoms with E-state index in [1.54, 1.807) is 0 Å². The van der Waals surface area contributed by atoms with Gasteiger partial charge in [-0.2, -0.15) is 4.98 Å². The molecule has 0 unspecified atom stereocenters. The highest BCUT2D eigenvalue weighted by molar-refractivity contribution is 7.19. The molecule has 1 saturated heterocycles. The first-order chi connectivity index (χ1) is 14.2. The largest absolute Gasteiger partial charge is 0.379 e. The Hall–Kier alpha value is -1.44. The molecule has 5 rings (SSSR count). The van der Waals surface area contributed by atoms with Crippen molar-refractivity contribution in [2.24, 2.45) is 0 Å². The second-order valence-electron chi connectivity index (χ2n) is 9.03. The molecule has 0 spiro atoms. The molecule has 158 valence electrons. The highest BCUT2D eigenvalue weighted by atomic mass is 32.1. The molecule has 1 saturated carbocycles. The molecule has 0 atom stereocenters. The monoisotopic (exact) mass is 415 g/mol. The van der Waals surface area contributed by atoms with Crippen molar-refractivity contribution in [2.45, 2.75) is 76.9 Å². The van der Waals surface area contributed by atoms with Gasteiger partial charge in [-0.1, -0.05) is 0 Å². The summed E-state index contributed by atoms with van der Waals surface area (Å²) in [6.07, 6.45) is 8.61. The van der Waals surface area contributed by atoms with Gasteiger partial charge < -0.3 is 15.4 Å². The third-order valence-electron chi connectivity index (χ3n) is 6.58. The summed E-state index contributed by atoms with van der Waals surface area (Å²) in [4.78, 5) is 15.1. The van der Waals surface area contributed by atoms with Crippen LogP contribution in [0.1, 0.15) is 56.4 Å². The van der Waals surface area contributed by atoms with E-state index in [1.807, 2.05) is 11.3 Å². The van der Waals surface area contributed by atoms with Crippen LogP contribution in [0.2, 0.25) is 0 Å². The van der Waals surface area contributed by atoms with Crippen LogP contribution in [-0.2, 0) is 17.6 Å². The number of aromatic nitrogens is 2. The zero-order valence-corrected chi connectivity index (χ0v) is 18.5. The molecule has 2 fully saturated rings. The Balaban J connectivity index is 1.34. The highest BCUT2D eigenvalue weighted by Crippen LogP contribution is 2.40. The zero-order valence-electron chi connectivity index (χ0n) is 17.7. The van der Waals surface area contributed by atoms with Crippen LogP contribution in [0.5, 0.6) is 0 Å². The van der Waals surface area contributed by atoms with Crippen molar-refractivity contribution in [3.05, 3.63) is 10.4 Å². The van der Waals surface area contributed by atoms with Crippen molar-refractivity contribution in [1.82, 2.24) is 14.9 Å². The van der Waals surface area contributed by atoms with Gasteiger partial charge in [-0.05, 0) is 64.4 Å². The minimum atomic E-state index is 0.330. The lowest BCUT2D eigenvalue weighted by atomic mass is 9.90. The van der Waals surface area contributed by atoms with Gasteiger partial charge in [0, 0.05) is 36.1 Å². The van der Waals surface area contributed by atoms with E-state index in [1.165, 1.54) is 60.8 Å². The molecule has 1 aliphatic heterocycles. The predicted molar refractivity (Wildman–Crippen MR) is 120 cm³/mol. The van der Waals surface area contributed by atoms with Crippen molar-refractivity contribution >= 4 is 33.3 Å². The van der Waals surface area contributed by atoms with Gasteiger partial charge in [0.1, 0.15) is 10.6 Å². The first kappa shape index (κ1) is 19.5. The number of thiophene rings is 1. The SMILES string of the molecule is CC(C)Nc1nc(NC2CCC(N3CCOCC3)CC2)c2c3c(sc2n1)CCC3. The first-order valence-electron chi connectivity index (χ1n) is 11.3. The van der Waals surface area contributed by atoms with Gasteiger partial charge in [0.2, 0.25) is 5.95 Å². The summed E-state index contributed by atoms with van der Waals surface area (Å²) in [5.41, 5.74) is 1.51. The van der Waals surface area contributed by atoms with E-state index in [9.17, 15) is 0 Å². The predicted octanol–water partition coefficient (Wildman–Crippen LogP) is 4.06. The molecule has 6 nitrogen and oxygen atoms in total. The van der Waals surface area contributed by atoms with Crippen molar-refractivity contribution < 1.29 is 4.74 Å². The molecular weight excluding hydrogens is 382 g/mol. The molecule has 0 amide bonds. The van der Waals surface area contributed by atoms with Crippen molar-refractivity contribution in [3.63, 3.8) is 0 Å². The number of fused-ring (bicyclic) bond motifs is 3. The third kappa shape index (κ3) is 4.09. The Kier molecular flexibility index (Phi) is 5.63. The van der Waals surface area contributed by atoms with Crippen LogP contribution in [0, 0.1) is 0 Å². The Morgan fingerprint density at radius 3 is 2.62 bits per heavy atom. The highest BCUT2D eigenvalue weighted by Gasteiger charge is 2.29. The Labute approximate surface area is 177 Å². The molecule has 29 heavy (non-hydrogen) atoms. The van der Waals surface area contributed by atoms with Crippen LogP contribution in [0.25, 0.3) is 10.2 Å². The average molecular weight is 416 g/mol. The number of morpholine rings is 1. The maximum atomic E-state index is 5.53. The molecule has 0 bridgehead atoms. The van der Waals surface area contributed by atoms with Crippen LogP contribution in [-0.4, -0.2) is 59.3 Å². The summed E-state index contributed by atoms with van der Waals surface area (Å²) in [6, 6.07) is 1.57. The number of anilines is 2. The molecule has 2 aromatic rings. The minimum Gasteiger partial charge on any atom is -0.379 e. The van der Waals surface area contributed by atoms with E-state index < -0.39 is 0 Å². The molecule has 2 N–H and O–H groups in total. The van der Waals surface area contributed by atoms with Crippen LogP contribution >= 0.6 is 11.3 Å². The fraction of sp³-hybridized carbons (Fsp3) is 0.727. The van der Waals surface area contributed by atoms with E-state index >= 15 is 0 Å². The van der Waals surface area contributed by atoms with E-state index in [4.69, 9.17) is 14.7 Å². The van der Waals surface area contributed by atoms with E-state index in [0.717, 1.165) is 48.9 Å². The number of nitrogens with zero attached hydrogens (tertiary/aromatic N) is 3. The zero-order chi connectivity index (χ0) is 19.8. The lowest BCUT2D eigenvalue weighted by Crippen LogP contribution is -2.46. The number of nitrogens with one attached hydrogen (secondary N) is 2. The lowest BCUT2D eigenvalue weighted by molar-refractivity contribution is 0.00791. The molecule has 7 heteroatoms. The van der Waals surface area contributed by atoms with Gasteiger partial charge in [-0.25, -0.2) is 4.98 Å². The van der Waals surface area contributed by atoms with Crippen molar-refractivity contribution in [3.8, 4) is 0 Å². The second-order valence-corrected chi connectivity index (χ2v) is 10.1. The maximum absolute atomic E-state index is 5.53. The van der Waals surface area contributed by atoms with Gasteiger partial charge >= 0.3 is 0 Å². The number of ether oxygens (including phenoxy) is 1. The Morgan fingerprint density at radius 2 is 1.86 bits per heavy atom. The molecule has 0 aromatic carbocycles. The fourth-order valence-corrected chi connectivity index (χ4v) is 6.41. The van der Waals surface area contributed by atoms with E-state index in [-0.39, 0.29) is 0 Å². The third-order valence-corrected chi connectivity index (χ3v) is 7.77. The topological polar surface area (TPSA) is 62.3 Å². The normalized spacial score (nSPS) is 25.5. The van der Waals surface area contributed by atoms with Crippen molar-refractivity contribution in [2.75, 3.05) is 36.9 Å². The van der Waals surface area contributed by atoms with E-state index in [0.29, 0.717) is 12.1 Å². The Bertz CT molecular complexity index is 852.